The molecule has 3 N–H and O–H groups in total. The van der Waals surface area contributed by atoms with E-state index >= 15 is 0 Å². The van der Waals surface area contributed by atoms with Crippen molar-refractivity contribution in [3.8, 4) is 5.75 Å². The third-order valence-corrected chi connectivity index (χ3v) is 6.40. The average molecular weight is 438 g/mol. The van der Waals surface area contributed by atoms with Crippen LogP contribution in [0.2, 0.25) is 0 Å². The Bertz CT molecular complexity index is 1290. The molecule has 3 aromatic rings. The molecule has 166 valence electrons. The van der Waals surface area contributed by atoms with Crippen LogP contribution in [0.15, 0.2) is 44.5 Å². The van der Waals surface area contributed by atoms with E-state index < -0.39 is 17.2 Å². The highest BCUT2D eigenvalue weighted by atomic mass is 16.3. The second-order valence-electron chi connectivity index (χ2n) is 8.34. The first-order chi connectivity index (χ1) is 15.4. The van der Waals surface area contributed by atoms with Crippen LogP contribution in [0.3, 0.4) is 0 Å². The number of H-pyrrole nitrogens is 2. The van der Waals surface area contributed by atoms with Gasteiger partial charge in [-0.15, -0.1) is 0 Å². The van der Waals surface area contributed by atoms with Crippen molar-refractivity contribution in [3.05, 3.63) is 62.6 Å². The first-order valence-electron chi connectivity index (χ1n) is 10.5. The van der Waals surface area contributed by atoms with Gasteiger partial charge in [0.1, 0.15) is 17.0 Å². The lowest BCUT2D eigenvalue weighted by atomic mass is 9.96. The van der Waals surface area contributed by atoms with E-state index in [2.05, 4.69) is 9.97 Å². The summed E-state index contributed by atoms with van der Waals surface area (Å²) in [6.45, 7) is 1.52. The summed E-state index contributed by atoms with van der Waals surface area (Å²) < 4.78 is 5.35. The quantitative estimate of drug-likeness (QED) is 0.563. The summed E-state index contributed by atoms with van der Waals surface area (Å²) in [6.07, 6.45) is 3.87. The molecule has 10 heteroatoms. The first-order valence-corrected chi connectivity index (χ1v) is 10.5. The molecule has 1 aromatic carbocycles. The molecule has 2 amide bonds. The van der Waals surface area contributed by atoms with Gasteiger partial charge in [-0.3, -0.25) is 19.4 Å². The Kier molecular flexibility index (Phi) is 4.84. The molecule has 4 heterocycles. The Morgan fingerprint density at radius 3 is 2.72 bits per heavy atom. The van der Waals surface area contributed by atoms with E-state index in [9.17, 15) is 24.3 Å². The fraction of sp³-hybridized carbons (Fsp3) is 0.364. The Morgan fingerprint density at radius 2 is 1.91 bits per heavy atom. The second kappa shape index (κ2) is 7.70. The molecular formula is C22H22N4O6. The van der Waals surface area contributed by atoms with Crippen LogP contribution < -0.4 is 11.2 Å². The largest absolute Gasteiger partial charge is 0.507 e. The monoisotopic (exact) mass is 438 g/mol. The van der Waals surface area contributed by atoms with Crippen LogP contribution in [0.5, 0.6) is 5.75 Å². The molecule has 2 atom stereocenters. The van der Waals surface area contributed by atoms with Crippen molar-refractivity contribution in [2.24, 2.45) is 5.92 Å². The van der Waals surface area contributed by atoms with Gasteiger partial charge >= 0.3 is 5.69 Å². The molecule has 2 aliphatic heterocycles. The lowest BCUT2D eigenvalue weighted by Gasteiger charge is -2.29. The van der Waals surface area contributed by atoms with Crippen molar-refractivity contribution >= 4 is 22.8 Å². The molecule has 5 rings (SSSR count). The number of carbonyl (C=O) groups excluding carboxylic acids is 2. The molecule has 32 heavy (non-hydrogen) atoms. The summed E-state index contributed by atoms with van der Waals surface area (Å²) in [5.74, 6) is -0.496. The van der Waals surface area contributed by atoms with Gasteiger partial charge in [0.2, 0.25) is 0 Å². The number of aromatic nitrogens is 2. The van der Waals surface area contributed by atoms with Crippen LogP contribution in [-0.4, -0.2) is 62.4 Å². The van der Waals surface area contributed by atoms with Crippen LogP contribution in [0.4, 0.5) is 0 Å². The molecule has 2 aliphatic rings. The molecule has 2 unspecified atom stereocenters. The maximum Gasteiger partial charge on any atom is 0.326 e. The van der Waals surface area contributed by atoms with Gasteiger partial charge < -0.3 is 24.3 Å². The number of amides is 2. The van der Waals surface area contributed by atoms with E-state index in [-0.39, 0.29) is 29.3 Å². The normalized spacial score (nSPS) is 20.9. The fourth-order valence-electron chi connectivity index (χ4n) is 4.92. The topological polar surface area (TPSA) is 140 Å². The maximum absolute atomic E-state index is 13.3. The minimum atomic E-state index is -0.721. The van der Waals surface area contributed by atoms with Crippen LogP contribution in [0.25, 0.3) is 11.0 Å². The number of carbonyl (C=O) groups is 2. The van der Waals surface area contributed by atoms with Crippen LogP contribution in [-0.2, 0) is 0 Å². The van der Waals surface area contributed by atoms with E-state index in [1.54, 1.807) is 17.0 Å². The zero-order valence-electron chi connectivity index (χ0n) is 17.2. The molecule has 2 aromatic heterocycles. The minimum Gasteiger partial charge on any atom is -0.507 e. The first kappa shape index (κ1) is 20.1. The Labute approximate surface area is 181 Å². The summed E-state index contributed by atoms with van der Waals surface area (Å²) in [6, 6.07) is 5.80. The maximum atomic E-state index is 13.3. The van der Waals surface area contributed by atoms with Gasteiger partial charge in [0.15, 0.2) is 0 Å². The predicted molar refractivity (Wildman–Crippen MR) is 114 cm³/mol. The highest BCUT2D eigenvalue weighted by Crippen LogP contribution is 2.34. The molecule has 2 fully saturated rings. The number of phenols is 1. The van der Waals surface area contributed by atoms with E-state index in [1.807, 2.05) is 4.90 Å². The van der Waals surface area contributed by atoms with Crippen LogP contribution in [0, 0.1) is 5.92 Å². The van der Waals surface area contributed by atoms with Gasteiger partial charge in [0.05, 0.1) is 11.6 Å². The van der Waals surface area contributed by atoms with Crippen molar-refractivity contribution in [3.63, 3.8) is 0 Å². The van der Waals surface area contributed by atoms with Crippen molar-refractivity contribution in [2.45, 2.75) is 25.3 Å². The molecule has 0 bridgehead atoms. The number of hydrogen-bond donors (Lipinski definition) is 3. The lowest BCUT2D eigenvalue weighted by molar-refractivity contribution is 0.0680. The van der Waals surface area contributed by atoms with Crippen molar-refractivity contribution in [2.75, 3.05) is 19.6 Å². The molecule has 0 saturated carbocycles. The molecule has 2 saturated heterocycles. The zero-order valence-corrected chi connectivity index (χ0v) is 17.2. The summed E-state index contributed by atoms with van der Waals surface area (Å²) in [5, 5.41) is 10.8. The van der Waals surface area contributed by atoms with Gasteiger partial charge in [0.25, 0.3) is 17.4 Å². The molecule has 10 nitrogen and oxygen atoms in total. The number of rotatable bonds is 3. The number of nitrogens with zero attached hydrogens (tertiary/aromatic N) is 2. The lowest BCUT2D eigenvalue weighted by Crippen LogP contribution is -2.41. The Balaban J connectivity index is 1.33. The number of aromatic hydroxyl groups is 1. The fourth-order valence-corrected chi connectivity index (χ4v) is 4.92. The molecule has 0 radical (unpaired) electrons. The second-order valence-corrected chi connectivity index (χ2v) is 8.34. The van der Waals surface area contributed by atoms with E-state index in [1.165, 1.54) is 12.3 Å². The molecular weight excluding hydrogens is 416 g/mol. The number of fused-ring (bicyclic) bond motifs is 1. The summed E-state index contributed by atoms with van der Waals surface area (Å²) in [7, 11) is 0. The number of furan rings is 1. The van der Waals surface area contributed by atoms with Gasteiger partial charge in [-0.25, -0.2) is 4.79 Å². The average Bonchev–Trinajstić information content (AvgIpc) is 3.51. The number of phenolic OH excluding ortho intramolecular Hbond substituents is 1. The third-order valence-electron chi connectivity index (χ3n) is 6.40. The summed E-state index contributed by atoms with van der Waals surface area (Å²) in [4.78, 5) is 56.9. The van der Waals surface area contributed by atoms with Crippen molar-refractivity contribution in [1.82, 2.24) is 19.8 Å². The highest BCUT2D eigenvalue weighted by Gasteiger charge is 2.40. The highest BCUT2D eigenvalue weighted by molar-refractivity contribution is 5.99. The summed E-state index contributed by atoms with van der Waals surface area (Å²) >= 11 is 0. The number of hydrogen-bond acceptors (Lipinski definition) is 6. The number of benzene rings is 1. The van der Waals surface area contributed by atoms with Gasteiger partial charge in [-0.1, -0.05) is 0 Å². The minimum absolute atomic E-state index is 0.000161. The smallest absolute Gasteiger partial charge is 0.326 e. The zero-order chi connectivity index (χ0) is 22.4. The van der Waals surface area contributed by atoms with E-state index in [4.69, 9.17) is 4.42 Å². The van der Waals surface area contributed by atoms with E-state index in [0.717, 1.165) is 25.3 Å². The van der Waals surface area contributed by atoms with Gasteiger partial charge in [-0.2, -0.15) is 0 Å². The van der Waals surface area contributed by atoms with E-state index in [0.29, 0.717) is 36.2 Å². The Hall–Kier alpha value is -3.82. The van der Waals surface area contributed by atoms with Gasteiger partial charge in [-0.05, 0) is 43.4 Å². The predicted octanol–water partition coefficient (Wildman–Crippen LogP) is 1.28. The molecule has 0 aliphatic carbocycles. The van der Waals surface area contributed by atoms with Gasteiger partial charge in [0, 0.05) is 37.3 Å². The molecule has 0 spiro atoms. The van der Waals surface area contributed by atoms with Crippen molar-refractivity contribution < 1.29 is 19.1 Å². The number of likely N-dealkylation sites (tertiary alicyclic amines) is 2. The summed E-state index contributed by atoms with van der Waals surface area (Å²) in [5.41, 5.74) is -0.573. The van der Waals surface area contributed by atoms with Crippen molar-refractivity contribution in [1.29, 1.82) is 0 Å². The third kappa shape index (κ3) is 3.47. The standard InChI is InChI=1S/C22H22N4O6/c27-17-8-13(9-18-14(17)4-7-32-18)20(29)26-5-1-2-16(26)12-3-6-25(11-12)21(30)15-10-19(28)24-22(31)23-15/h4,7-10,12,16,27H,1-3,5-6,11H2,(H2,23,24,28,31). The Morgan fingerprint density at radius 1 is 1.06 bits per heavy atom. The number of aromatic amines is 2. The SMILES string of the molecule is O=C(c1cc(=O)[nH]c(=O)[nH]1)N1CCC(C2CCCN2C(=O)c2cc(O)c3ccoc3c2)C1. The van der Waals surface area contributed by atoms with Crippen LogP contribution >= 0.6 is 0 Å². The van der Waals surface area contributed by atoms with Crippen LogP contribution in [0.1, 0.15) is 40.1 Å². The number of nitrogens with one attached hydrogen (secondary N) is 2.